The average Bonchev–Trinajstić information content (AvgIpc) is 2.41. The summed E-state index contributed by atoms with van der Waals surface area (Å²) in [6, 6.07) is 0. The summed E-state index contributed by atoms with van der Waals surface area (Å²) in [5, 5.41) is 12.7. The molecule has 2 heteroatoms. The Morgan fingerprint density at radius 1 is 1.25 bits per heavy atom. The molecule has 0 heterocycles. The van der Waals surface area contributed by atoms with Crippen molar-refractivity contribution in [1.82, 2.24) is 5.32 Å². The van der Waals surface area contributed by atoms with Crippen LogP contribution in [0.15, 0.2) is 0 Å². The zero-order valence-corrected chi connectivity index (χ0v) is 11.5. The minimum Gasteiger partial charge on any atom is -0.396 e. The Hall–Kier alpha value is -0.0800. The topological polar surface area (TPSA) is 32.3 Å². The highest BCUT2D eigenvalue weighted by Gasteiger charge is 2.34. The minimum absolute atomic E-state index is 0.203. The summed E-state index contributed by atoms with van der Waals surface area (Å²) in [6.07, 6.45) is 7.27. The predicted molar refractivity (Wildman–Crippen MR) is 69.5 cm³/mol. The Kier molecular flexibility index (Phi) is 4.81. The molecule has 1 saturated carbocycles. The number of aliphatic hydroxyl groups excluding tert-OH is 1. The zero-order chi connectivity index (χ0) is 12.2. The van der Waals surface area contributed by atoms with Gasteiger partial charge in [0.25, 0.3) is 0 Å². The van der Waals surface area contributed by atoms with Crippen molar-refractivity contribution in [3.05, 3.63) is 0 Å². The van der Waals surface area contributed by atoms with Crippen molar-refractivity contribution in [3.8, 4) is 0 Å². The summed E-state index contributed by atoms with van der Waals surface area (Å²) in [4.78, 5) is 0. The standard InChI is InChI=1S/C14H29NO/c1-13(2,3)12-6-5-8-14(15-4,9-7-12)10-11-16/h12,15-16H,5-11H2,1-4H3. The Morgan fingerprint density at radius 3 is 2.44 bits per heavy atom. The maximum Gasteiger partial charge on any atom is 0.0448 e. The molecule has 0 bridgehead atoms. The molecule has 0 aliphatic heterocycles. The van der Waals surface area contributed by atoms with Gasteiger partial charge < -0.3 is 10.4 Å². The van der Waals surface area contributed by atoms with Gasteiger partial charge in [0.05, 0.1) is 0 Å². The van der Waals surface area contributed by atoms with Crippen LogP contribution < -0.4 is 5.32 Å². The lowest BCUT2D eigenvalue weighted by Gasteiger charge is -2.33. The Morgan fingerprint density at radius 2 is 1.94 bits per heavy atom. The molecular weight excluding hydrogens is 198 g/mol. The monoisotopic (exact) mass is 227 g/mol. The molecule has 2 N–H and O–H groups in total. The zero-order valence-electron chi connectivity index (χ0n) is 11.5. The summed E-state index contributed by atoms with van der Waals surface area (Å²) in [5.74, 6) is 0.835. The van der Waals surface area contributed by atoms with E-state index in [9.17, 15) is 5.11 Å². The van der Waals surface area contributed by atoms with Gasteiger partial charge in [0, 0.05) is 12.1 Å². The minimum atomic E-state index is 0.203. The lowest BCUT2D eigenvalue weighted by atomic mass is 9.76. The van der Waals surface area contributed by atoms with Crippen molar-refractivity contribution in [2.24, 2.45) is 11.3 Å². The summed E-state index contributed by atoms with van der Waals surface area (Å²) in [5.41, 5.74) is 0.637. The van der Waals surface area contributed by atoms with Gasteiger partial charge >= 0.3 is 0 Å². The van der Waals surface area contributed by atoms with Crippen molar-refractivity contribution in [1.29, 1.82) is 0 Å². The average molecular weight is 227 g/mol. The number of hydrogen-bond donors (Lipinski definition) is 2. The van der Waals surface area contributed by atoms with E-state index in [-0.39, 0.29) is 5.54 Å². The third kappa shape index (κ3) is 3.46. The van der Waals surface area contributed by atoms with Gasteiger partial charge in [-0.25, -0.2) is 0 Å². The fourth-order valence-corrected chi connectivity index (χ4v) is 3.11. The highest BCUT2D eigenvalue weighted by molar-refractivity contribution is 4.91. The second-order valence-electron chi connectivity index (χ2n) is 6.50. The molecule has 1 aliphatic rings. The van der Waals surface area contributed by atoms with E-state index in [2.05, 4.69) is 26.1 Å². The van der Waals surface area contributed by atoms with Crippen LogP contribution in [-0.2, 0) is 0 Å². The van der Waals surface area contributed by atoms with Crippen molar-refractivity contribution in [2.75, 3.05) is 13.7 Å². The van der Waals surface area contributed by atoms with Gasteiger partial charge in [0.2, 0.25) is 0 Å². The van der Waals surface area contributed by atoms with Gasteiger partial charge in [-0.15, -0.1) is 0 Å². The molecule has 0 aromatic heterocycles. The predicted octanol–water partition coefficient (Wildman–Crippen LogP) is 2.95. The van der Waals surface area contributed by atoms with E-state index in [1.54, 1.807) is 0 Å². The molecule has 1 aliphatic carbocycles. The van der Waals surface area contributed by atoms with Crippen LogP contribution in [0.3, 0.4) is 0 Å². The van der Waals surface area contributed by atoms with Crippen molar-refractivity contribution in [3.63, 3.8) is 0 Å². The van der Waals surface area contributed by atoms with Crippen molar-refractivity contribution in [2.45, 2.75) is 64.8 Å². The summed E-state index contributed by atoms with van der Waals surface area (Å²) in [7, 11) is 2.05. The van der Waals surface area contributed by atoms with Crippen LogP contribution >= 0.6 is 0 Å². The van der Waals surface area contributed by atoms with Crippen LogP contribution in [0.1, 0.15) is 59.3 Å². The van der Waals surface area contributed by atoms with E-state index in [0.717, 1.165) is 12.3 Å². The molecule has 0 saturated heterocycles. The fraction of sp³-hybridized carbons (Fsp3) is 1.00. The summed E-state index contributed by atoms with van der Waals surface area (Å²) < 4.78 is 0. The molecule has 2 atom stereocenters. The third-order valence-electron chi connectivity index (χ3n) is 4.52. The van der Waals surface area contributed by atoms with Crippen LogP contribution in [0, 0.1) is 11.3 Å². The van der Waals surface area contributed by atoms with Gasteiger partial charge in [0.1, 0.15) is 0 Å². The van der Waals surface area contributed by atoms with Crippen LogP contribution in [0.4, 0.5) is 0 Å². The molecule has 1 rings (SSSR count). The van der Waals surface area contributed by atoms with Crippen LogP contribution in [0.25, 0.3) is 0 Å². The Labute approximate surface area is 101 Å². The first-order chi connectivity index (χ1) is 7.43. The van der Waals surface area contributed by atoms with Gasteiger partial charge in [0.15, 0.2) is 0 Å². The number of hydrogen-bond acceptors (Lipinski definition) is 2. The van der Waals surface area contributed by atoms with Crippen molar-refractivity contribution < 1.29 is 5.11 Å². The molecule has 2 nitrogen and oxygen atoms in total. The second kappa shape index (κ2) is 5.50. The third-order valence-corrected chi connectivity index (χ3v) is 4.52. The molecule has 1 fully saturated rings. The second-order valence-corrected chi connectivity index (χ2v) is 6.50. The van der Waals surface area contributed by atoms with Gasteiger partial charge in [-0.05, 0) is 50.5 Å². The lowest BCUT2D eigenvalue weighted by Crippen LogP contribution is -2.43. The Bertz CT molecular complexity index is 209. The molecule has 2 unspecified atom stereocenters. The van der Waals surface area contributed by atoms with E-state index in [1.807, 2.05) is 7.05 Å². The van der Waals surface area contributed by atoms with E-state index in [0.29, 0.717) is 12.0 Å². The normalized spacial score (nSPS) is 32.4. The largest absolute Gasteiger partial charge is 0.396 e. The maximum atomic E-state index is 9.19. The highest BCUT2D eigenvalue weighted by Crippen LogP contribution is 2.40. The van der Waals surface area contributed by atoms with Gasteiger partial charge in [-0.3, -0.25) is 0 Å². The van der Waals surface area contributed by atoms with Crippen molar-refractivity contribution >= 4 is 0 Å². The van der Waals surface area contributed by atoms with Crippen LogP contribution in [0.2, 0.25) is 0 Å². The van der Waals surface area contributed by atoms with E-state index < -0.39 is 0 Å². The van der Waals surface area contributed by atoms with E-state index in [1.165, 1.54) is 32.1 Å². The first kappa shape index (κ1) is 14.0. The molecule has 16 heavy (non-hydrogen) atoms. The smallest absolute Gasteiger partial charge is 0.0448 e. The van der Waals surface area contributed by atoms with Crippen LogP contribution in [0.5, 0.6) is 0 Å². The SMILES string of the molecule is CNC1(CCO)CCCC(C(C)(C)C)CC1. The molecular formula is C14H29NO. The van der Waals surface area contributed by atoms with Gasteiger partial charge in [-0.1, -0.05) is 27.2 Å². The number of rotatable bonds is 3. The molecule has 0 aromatic carbocycles. The lowest BCUT2D eigenvalue weighted by molar-refractivity contribution is 0.184. The Balaban J connectivity index is 2.63. The summed E-state index contributed by atoms with van der Waals surface area (Å²) in [6.45, 7) is 7.38. The number of nitrogens with one attached hydrogen (secondary N) is 1. The van der Waals surface area contributed by atoms with Gasteiger partial charge in [-0.2, -0.15) is 0 Å². The molecule has 0 spiro atoms. The quantitative estimate of drug-likeness (QED) is 0.727. The number of aliphatic hydroxyl groups is 1. The maximum absolute atomic E-state index is 9.19. The molecule has 0 radical (unpaired) electrons. The first-order valence-corrected chi connectivity index (χ1v) is 6.73. The first-order valence-electron chi connectivity index (χ1n) is 6.73. The van der Waals surface area contributed by atoms with Crippen LogP contribution in [-0.4, -0.2) is 24.3 Å². The molecule has 96 valence electrons. The van der Waals surface area contributed by atoms with E-state index >= 15 is 0 Å². The molecule has 0 aromatic rings. The van der Waals surface area contributed by atoms with E-state index in [4.69, 9.17) is 0 Å². The summed E-state index contributed by atoms with van der Waals surface area (Å²) >= 11 is 0. The molecule has 0 amide bonds. The fourth-order valence-electron chi connectivity index (χ4n) is 3.11. The highest BCUT2D eigenvalue weighted by atomic mass is 16.3.